The number of thiazole rings is 1. The predicted molar refractivity (Wildman–Crippen MR) is 259 cm³/mol. The topological polar surface area (TPSA) is 146 Å². The van der Waals surface area contributed by atoms with E-state index < -0.39 is 0 Å². The summed E-state index contributed by atoms with van der Waals surface area (Å²) in [6.45, 7) is 0. The summed E-state index contributed by atoms with van der Waals surface area (Å²) in [6, 6.07) is 68.9. The number of phenols is 2. The Morgan fingerprint density at radius 2 is 1.15 bits per heavy atom. The summed E-state index contributed by atoms with van der Waals surface area (Å²) in [4.78, 5) is 11.0. The van der Waals surface area contributed by atoms with E-state index in [1.54, 1.807) is 65.9 Å². The molecular weight excluding hydrogens is 903 g/mol. The Bertz CT molecular complexity index is 3350. The van der Waals surface area contributed by atoms with Crippen LogP contribution in [0.4, 0.5) is 0 Å². The van der Waals surface area contributed by atoms with Crippen molar-refractivity contribution in [3.05, 3.63) is 218 Å². The van der Waals surface area contributed by atoms with Crippen molar-refractivity contribution in [2.45, 2.75) is 0 Å². The number of H-pyrrole nitrogens is 2. The Hall–Kier alpha value is -7.94. The molecule has 12 heteroatoms. The summed E-state index contributed by atoms with van der Waals surface area (Å²) in [5.74, 6) is 1.79. The molecule has 0 amide bonds. The van der Waals surface area contributed by atoms with Gasteiger partial charge in [0.15, 0.2) is 16.6 Å². The third-order valence-electron chi connectivity index (χ3n) is 10.4. The van der Waals surface area contributed by atoms with Crippen molar-refractivity contribution in [1.82, 2.24) is 9.55 Å². The minimum absolute atomic E-state index is 0. The zero-order valence-electron chi connectivity index (χ0n) is 36.0. The summed E-state index contributed by atoms with van der Waals surface area (Å²) in [7, 11) is 0. The molecule has 4 N–H and O–H groups in total. The Balaban J connectivity index is 0.000000135. The van der Waals surface area contributed by atoms with E-state index in [1.165, 1.54) is 4.70 Å². The van der Waals surface area contributed by atoms with Gasteiger partial charge in [0.25, 0.3) is 10.8 Å². The third-order valence-corrected chi connectivity index (χ3v) is 11.5. The number of nitrogens with one attached hydrogen (secondary N) is 2. The molecule has 0 aliphatic rings. The van der Waals surface area contributed by atoms with Crippen LogP contribution in [0.3, 0.4) is 0 Å². The molecule has 9 nitrogen and oxygen atoms in total. The van der Waals surface area contributed by atoms with E-state index in [-0.39, 0.29) is 46.8 Å². The number of aromatic amines is 2. The molecule has 0 saturated heterocycles. The predicted octanol–water partition coefficient (Wildman–Crippen LogP) is 10.8. The molecule has 0 bridgehead atoms. The van der Waals surface area contributed by atoms with Crippen LogP contribution in [0.25, 0.3) is 82.2 Å². The van der Waals surface area contributed by atoms with Crippen LogP contribution in [0.15, 0.2) is 217 Å². The molecule has 0 fully saturated rings. The summed E-state index contributed by atoms with van der Waals surface area (Å²) < 4.78 is 8.82. The van der Waals surface area contributed by atoms with Crippen LogP contribution >= 0.6 is 11.3 Å². The maximum atomic E-state index is 12.2. The van der Waals surface area contributed by atoms with Crippen LogP contribution in [0, 0.1) is 6.07 Å². The summed E-state index contributed by atoms with van der Waals surface area (Å²) >= 11 is 1.61. The fourth-order valence-electron chi connectivity index (χ4n) is 7.25. The van der Waals surface area contributed by atoms with Crippen molar-refractivity contribution < 1.29 is 54.3 Å². The van der Waals surface area contributed by atoms with Gasteiger partial charge in [-0.1, -0.05) is 144 Å². The number of oxazole rings is 1. The zero-order chi connectivity index (χ0) is 44.5. The van der Waals surface area contributed by atoms with Crippen molar-refractivity contribution in [3.63, 3.8) is 0 Å². The number of hydrogen-bond donors (Lipinski definition) is 2. The smallest absolute Gasteiger partial charge is 0.872 e. The first-order chi connectivity index (χ1) is 31.9. The average molecular weight is 942 g/mol. The van der Waals surface area contributed by atoms with Gasteiger partial charge in [0, 0.05) is 36.9 Å². The van der Waals surface area contributed by atoms with Gasteiger partial charge >= 0.3 is 10.1 Å². The van der Waals surface area contributed by atoms with Crippen molar-refractivity contribution in [2.24, 2.45) is 0 Å². The van der Waals surface area contributed by atoms with E-state index >= 15 is 0 Å². The fourth-order valence-corrected chi connectivity index (χ4v) is 8.28. The number of hydrogen-bond acceptors (Lipinski definition) is 7. The van der Waals surface area contributed by atoms with E-state index in [0.717, 1.165) is 60.5 Å². The Morgan fingerprint density at radius 1 is 0.552 bits per heavy atom. The fraction of sp³-hybridized carbons (Fsp3) is 0. The molecule has 0 radical (unpaired) electrons. The second-order valence-electron chi connectivity index (χ2n) is 14.6. The molecule has 3 aromatic heterocycles. The SMILES string of the molecule is Oc1cccc2ccc[c-]c12.Oc1ccccc1-c1nc2ccccc2o1.[Be+2].[O-]c1ccccc1-c1[nH+]c2ccccc2n1-c1ccccc1.[O-]c1ccccc1-c1[nH+]c2ccccc2s1.[Zn]. The zero-order valence-corrected chi connectivity index (χ0v) is 39.8. The molecule has 9 aromatic carbocycles. The molecule has 0 aliphatic carbocycles. The van der Waals surface area contributed by atoms with E-state index in [9.17, 15) is 20.4 Å². The van der Waals surface area contributed by atoms with Gasteiger partial charge in [0.2, 0.25) is 11.4 Å². The molecule has 12 aromatic rings. The molecule has 0 unspecified atom stereocenters. The Kier molecular flexibility index (Phi) is 15.3. The number of aromatic hydroxyl groups is 2. The number of para-hydroxylation sites is 9. The van der Waals surface area contributed by atoms with Gasteiger partial charge in [-0.05, 0) is 66.7 Å². The van der Waals surface area contributed by atoms with Gasteiger partial charge in [-0.25, -0.2) is 9.97 Å². The number of imidazole rings is 1. The van der Waals surface area contributed by atoms with Crippen LogP contribution in [0.2, 0.25) is 0 Å². The average Bonchev–Trinajstić information content (AvgIpc) is 4.09. The quantitative estimate of drug-likeness (QED) is 0.133. The van der Waals surface area contributed by atoms with Gasteiger partial charge in [-0.3, -0.25) is 0 Å². The summed E-state index contributed by atoms with van der Waals surface area (Å²) in [5.41, 5.74) is 7.69. The molecule has 0 spiro atoms. The van der Waals surface area contributed by atoms with E-state index in [0.29, 0.717) is 22.8 Å². The van der Waals surface area contributed by atoms with Crippen LogP contribution in [0.1, 0.15) is 0 Å². The maximum absolute atomic E-state index is 12.2. The summed E-state index contributed by atoms with van der Waals surface area (Å²) in [5, 5.41) is 45.7. The number of benzene rings is 9. The molecule has 67 heavy (non-hydrogen) atoms. The van der Waals surface area contributed by atoms with Crippen LogP contribution in [0.5, 0.6) is 23.0 Å². The molecule has 12 rings (SSSR count). The van der Waals surface area contributed by atoms with Crippen LogP contribution < -0.4 is 20.2 Å². The second-order valence-corrected chi connectivity index (χ2v) is 15.7. The van der Waals surface area contributed by atoms with Crippen LogP contribution in [-0.2, 0) is 19.5 Å². The van der Waals surface area contributed by atoms with E-state index in [2.05, 4.69) is 31.7 Å². The Labute approximate surface area is 406 Å². The van der Waals surface area contributed by atoms with Gasteiger partial charge in [-0.15, -0.1) is 35.0 Å². The number of nitrogens with zero attached hydrogens (tertiary/aromatic N) is 2. The molecular formula is C55H39BeN4O5SZn+. The van der Waals surface area contributed by atoms with Gasteiger partial charge in [-0.2, -0.15) is 9.55 Å². The van der Waals surface area contributed by atoms with Crippen molar-refractivity contribution in [1.29, 1.82) is 0 Å². The van der Waals surface area contributed by atoms with Crippen LogP contribution in [-0.4, -0.2) is 29.9 Å². The molecule has 3 heterocycles. The normalized spacial score (nSPS) is 10.4. The third kappa shape index (κ3) is 10.6. The first kappa shape index (κ1) is 47.0. The maximum Gasteiger partial charge on any atom is 2.00 e. The minimum Gasteiger partial charge on any atom is -0.872 e. The molecule has 0 aliphatic heterocycles. The van der Waals surface area contributed by atoms with E-state index in [1.807, 2.05) is 152 Å². The minimum atomic E-state index is 0. The van der Waals surface area contributed by atoms with Crippen molar-refractivity contribution in [3.8, 4) is 62.1 Å². The largest absolute Gasteiger partial charge is 2.00 e. The Morgan fingerprint density at radius 3 is 1.87 bits per heavy atom. The first-order valence-electron chi connectivity index (χ1n) is 20.7. The number of fused-ring (bicyclic) bond motifs is 4. The number of aromatic nitrogens is 4. The molecule has 0 atom stereocenters. The standard InChI is InChI=1S/C19H14N2O.C13H9NO2.C13H9NOS.C10H7O.Be.Zn/c22-18-13-7-4-10-15(18)19-20-16-11-5-6-12-17(16)21(19)14-8-2-1-3-9-14;2*15-11-7-3-1-5-9(11)13-14-10-6-2-4-8-12(10)16-13;11-10-7-3-5-8-4-1-2-6-9(8)10;;/h1-13,22H;2*1-8,15H;1-5,7,11H;;/q;;;-1;+2;. The van der Waals surface area contributed by atoms with E-state index in [4.69, 9.17) is 4.42 Å². The van der Waals surface area contributed by atoms with Crippen molar-refractivity contribution in [2.75, 3.05) is 0 Å². The molecule has 318 valence electrons. The number of phenolic OH excluding ortho intramolecular Hbond substituents is 2. The van der Waals surface area contributed by atoms with Crippen molar-refractivity contribution >= 4 is 64.6 Å². The first-order valence-corrected chi connectivity index (χ1v) is 21.5. The number of rotatable bonds is 4. The summed E-state index contributed by atoms with van der Waals surface area (Å²) in [6.07, 6.45) is 0. The van der Waals surface area contributed by atoms with Gasteiger partial charge in [0.1, 0.15) is 21.7 Å². The molecule has 0 saturated carbocycles. The van der Waals surface area contributed by atoms with Gasteiger partial charge < -0.3 is 24.8 Å². The van der Waals surface area contributed by atoms with Gasteiger partial charge in [0.05, 0.1) is 11.1 Å². The monoisotopic (exact) mass is 940 g/mol. The second kappa shape index (κ2) is 21.8.